The third-order valence-electron chi connectivity index (χ3n) is 1.73. The lowest BCUT2D eigenvalue weighted by Gasteiger charge is -2.05. The minimum atomic E-state index is -0.113. The average Bonchev–Trinajstić information content (AvgIpc) is 2.03. The Kier molecular flexibility index (Phi) is 2.53. The van der Waals surface area contributed by atoms with Gasteiger partial charge in [0.1, 0.15) is 0 Å². The number of rotatable bonds is 2. The zero-order valence-electron chi connectivity index (χ0n) is 7.55. The number of aromatic amines is 1. The molecule has 0 spiro atoms. The predicted octanol–water partition coefficient (Wildman–Crippen LogP) is 1.51. The summed E-state index contributed by atoms with van der Waals surface area (Å²) >= 11 is 0. The normalized spacial score (nSPS) is 10.3. The van der Waals surface area contributed by atoms with E-state index in [1.54, 1.807) is 6.07 Å². The molecule has 3 heteroatoms. The fourth-order valence-corrected chi connectivity index (χ4v) is 0.981. The molecule has 0 aliphatic carbocycles. The van der Waals surface area contributed by atoms with Crippen molar-refractivity contribution in [2.24, 2.45) is 0 Å². The molecule has 0 saturated carbocycles. The molecule has 1 aromatic heterocycles. The molecule has 0 aliphatic heterocycles. The molecule has 1 heterocycles. The maximum atomic E-state index is 11.0. The maximum absolute atomic E-state index is 11.0. The Bertz CT molecular complexity index is 315. The Morgan fingerprint density at radius 1 is 1.42 bits per heavy atom. The van der Waals surface area contributed by atoms with Gasteiger partial charge in [-0.3, -0.25) is 9.78 Å². The van der Waals surface area contributed by atoms with Gasteiger partial charge in [0.05, 0.1) is 7.11 Å². The first-order valence-electron chi connectivity index (χ1n) is 3.91. The number of hydrogen-bond acceptors (Lipinski definition) is 2. The van der Waals surface area contributed by atoms with Crippen LogP contribution in [0.2, 0.25) is 0 Å². The molecule has 0 amide bonds. The predicted molar refractivity (Wildman–Crippen MR) is 47.7 cm³/mol. The molecule has 0 bridgehead atoms. The van der Waals surface area contributed by atoms with Crippen LogP contribution in [0, 0.1) is 0 Å². The molecule has 1 aromatic rings. The van der Waals surface area contributed by atoms with Crippen molar-refractivity contribution in [1.82, 2.24) is 4.98 Å². The number of ether oxygens (including phenoxy) is 1. The standard InChI is InChI=1S/C9H13NO2/c1-6(2)7-4-8(11)10-9(5-7)12-3/h4-6H,1-3H3,(H,10,11). The van der Waals surface area contributed by atoms with Crippen molar-refractivity contribution in [2.75, 3.05) is 7.11 Å². The summed E-state index contributed by atoms with van der Waals surface area (Å²) in [6.45, 7) is 4.07. The molecule has 0 saturated heterocycles. The Morgan fingerprint density at radius 3 is 2.58 bits per heavy atom. The first-order chi connectivity index (χ1) is 5.63. The third kappa shape index (κ3) is 1.87. The molecular formula is C9H13NO2. The van der Waals surface area contributed by atoms with Gasteiger partial charge in [-0.1, -0.05) is 13.8 Å². The number of hydrogen-bond donors (Lipinski definition) is 1. The second kappa shape index (κ2) is 3.43. The fourth-order valence-electron chi connectivity index (χ4n) is 0.981. The Morgan fingerprint density at radius 2 is 2.08 bits per heavy atom. The minimum Gasteiger partial charge on any atom is -0.482 e. The van der Waals surface area contributed by atoms with E-state index in [0.717, 1.165) is 5.56 Å². The molecule has 12 heavy (non-hydrogen) atoms. The van der Waals surface area contributed by atoms with Crippen molar-refractivity contribution in [1.29, 1.82) is 0 Å². The molecule has 3 nitrogen and oxygen atoms in total. The van der Waals surface area contributed by atoms with Gasteiger partial charge in [0.2, 0.25) is 0 Å². The average molecular weight is 167 g/mol. The molecule has 0 radical (unpaired) electrons. The van der Waals surface area contributed by atoms with Crippen molar-refractivity contribution in [3.8, 4) is 5.88 Å². The van der Waals surface area contributed by atoms with E-state index in [0.29, 0.717) is 11.8 Å². The van der Waals surface area contributed by atoms with Crippen LogP contribution in [0.5, 0.6) is 5.88 Å². The monoisotopic (exact) mass is 167 g/mol. The molecule has 1 N–H and O–H groups in total. The zero-order chi connectivity index (χ0) is 9.14. The summed E-state index contributed by atoms with van der Waals surface area (Å²) in [5, 5.41) is 0. The van der Waals surface area contributed by atoms with E-state index in [1.165, 1.54) is 7.11 Å². The SMILES string of the molecule is COc1cc(C(C)C)cc(=O)[nH]1. The highest BCUT2D eigenvalue weighted by Gasteiger charge is 2.02. The van der Waals surface area contributed by atoms with Crippen LogP contribution in [0.1, 0.15) is 25.3 Å². The van der Waals surface area contributed by atoms with E-state index in [2.05, 4.69) is 4.98 Å². The van der Waals surface area contributed by atoms with Crippen LogP contribution >= 0.6 is 0 Å². The van der Waals surface area contributed by atoms with Crippen LogP contribution in [0.15, 0.2) is 16.9 Å². The maximum Gasteiger partial charge on any atom is 0.250 e. The van der Waals surface area contributed by atoms with E-state index in [-0.39, 0.29) is 5.56 Å². The first kappa shape index (κ1) is 8.84. The van der Waals surface area contributed by atoms with Crippen molar-refractivity contribution < 1.29 is 4.74 Å². The van der Waals surface area contributed by atoms with E-state index in [9.17, 15) is 4.79 Å². The van der Waals surface area contributed by atoms with Crippen molar-refractivity contribution in [3.63, 3.8) is 0 Å². The number of methoxy groups -OCH3 is 1. The highest BCUT2D eigenvalue weighted by atomic mass is 16.5. The summed E-state index contributed by atoms with van der Waals surface area (Å²) in [5.41, 5.74) is 0.883. The van der Waals surface area contributed by atoms with Crippen molar-refractivity contribution in [2.45, 2.75) is 19.8 Å². The minimum absolute atomic E-state index is 0.113. The number of nitrogens with one attached hydrogen (secondary N) is 1. The fraction of sp³-hybridized carbons (Fsp3) is 0.444. The van der Waals surface area contributed by atoms with Crippen LogP contribution < -0.4 is 10.3 Å². The van der Waals surface area contributed by atoms with Gasteiger partial charge in [-0.15, -0.1) is 0 Å². The summed E-state index contributed by atoms with van der Waals surface area (Å²) in [6.07, 6.45) is 0. The second-order valence-corrected chi connectivity index (χ2v) is 3.00. The van der Waals surface area contributed by atoms with Crippen LogP contribution in [-0.4, -0.2) is 12.1 Å². The number of H-pyrrole nitrogens is 1. The van der Waals surface area contributed by atoms with Gasteiger partial charge in [0, 0.05) is 12.1 Å². The van der Waals surface area contributed by atoms with E-state index in [4.69, 9.17) is 4.74 Å². The molecule has 66 valence electrons. The Hall–Kier alpha value is -1.25. The second-order valence-electron chi connectivity index (χ2n) is 3.00. The van der Waals surface area contributed by atoms with Gasteiger partial charge in [0.25, 0.3) is 5.56 Å². The topological polar surface area (TPSA) is 42.1 Å². The first-order valence-corrected chi connectivity index (χ1v) is 3.91. The van der Waals surface area contributed by atoms with E-state index < -0.39 is 0 Å². The smallest absolute Gasteiger partial charge is 0.250 e. The lowest BCUT2D eigenvalue weighted by Crippen LogP contribution is -2.07. The molecule has 0 aliphatic rings. The molecule has 0 atom stereocenters. The van der Waals surface area contributed by atoms with Crippen LogP contribution in [-0.2, 0) is 0 Å². The van der Waals surface area contributed by atoms with Gasteiger partial charge < -0.3 is 4.74 Å². The zero-order valence-corrected chi connectivity index (χ0v) is 7.55. The Balaban J connectivity index is 3.15. The lowest BCUT2D eigenvalue weighted by molar-refractivity contribution is 0.395. The quantitative estimate of drug-likeness (QED) is 0.725. The van der Waals surface area contributed by atoms with Gasteiger partial charge in [-0.2, -0.15) is 0 Å². The molecule has 0 unspecified atom stereocenters. The molecule has 0 aromatic carbocycles. The highest BCUT2D eigenvalue weighted by Crippen LogP contribution is 2.15. The van der Waals surface area contributed by atoms with Gasteiger partial charge in [-0.05, 0) is 11.5 Å². The summed E-state index contributed by atoms with van der Waals surface area (Å²) < 4.78 is 4.93. The third-order valence-corrected chi connectivity index (χ3v) is 1.73. The highest BCUT2D eigenvalue weighted by molar-refractivity contribution is 5.22. The largest absolute Gasteiger partial charge is 0.482 e. The van der Waals surface area contributed by atoms with Gasteiger partial charge in [-0.25, -0.2) is 0 Å². The summed E-state index contributed by atoms with van der Waals surface area (Å²) in [6, 6.07) is 3.43. The summed E-state index contributed by atoms with van der Waals surface area (Å²) in [5.74, 6) is 0.868. The molecule has 0 fully saturated rings. The lowest BCUT2D eigenvalue weighted by atomic mass is 10.1. The van der Waals surface area contributed by atoms with Gasteiger partial charge >= 0.3 is 0 Å². The molecular weight excluding hydrogens is 154 g/mol. The van der Waals surface area contributed by atoms with Crippen molar-refractivity contribution in [3.05, 3.63) is 28.0 Å². The van der Waals surface area contributed by atoms with Crippen LogP contribution in [0.4, 0.5) is 0 Å². The van der Waals surface area contributed by atoms with Crippen LogP contribution in [0.3, 0.4) is 0 Å². The van der Waals surface area contributed by atoms with Gasteiger partial charge in [0.15, 0.2) is 5.88 Å². The summed E-state index contributed by atoms with van der Waals surface area (Å²) in [4.78, 5) is 13.6. The van der Waals surface area contributed by atoms with Crippen molar-refractivity contribution >= 4 is 0 Å². The van der Waals surface area contributed by atoms with E-state index >= 15 is 0 Å². The van der Waals surface area contributed by atoms with E-state index in [1.807, 2.05) is 19.9 Å². The summed E-state index contributed by atoms with van der Waals surface area (Å²) in [7, 11) is 1.54. The van der Waals surface area contributed by atoms with Crippen LogP contribution in [0.25, 0.3) is 0 Å². The number of aromatic nitrogens is 1. The molecule has 1 rings (SSSR count). The Labute approximate surface area is 71.4 Å². The number of pyridine rings is 1.